The number of nitrogens with zero attached hydrogens (tertiary/aromatic N) is 2. The summed E-state index contributed by atoms with van der Waals surface area (Å²) in [6, 6.07) is 3.07. The Morgan fingerprint density at radius 2 is 1.92 bits per heavy atom. The van der Waals surface area contributed by atoms with Gasteiger partial charge in [0.2, 0.25) is 0 Å². The van der Waals surface area contributed by atoms with Gasteiger partial charge in [-0.1, -0.05) is 13.8 Å². The first-order chi connectivity index (χ1) is 6.25. The number of hydrogen-bond acceptors (Lipinski definition) is 2. The zero-order valence-corrected chi connectivity index (χ0v) is 9.38. The number of piperidine rings is 1. The topological polar surface area (TPSA) is 27.0 Å². The first-order valence-electron chi connectivity index (χ1n) is 5.41. The van der Waals surface area contributed by atoms with E-state index < -0.39 is 0 Å². The van der Waals surface area contributed by atoms with E-state index in [2.05, 4.69) is 24.8 Å². The molecule has 1 saturated heterocycles. The third-order valence-electron chi connectivity index (χ3n) is 2.36. The van der Waals surface area contributed by atoms with Gasteiger partial charge in [0, 0.05) is 6.04 Å². The third kappa shape index (κ3) is 3.78. The average Bonchev–Trinajstić information content (AvgIpc) is 2.20. The molecule has 1 heterocycles. The summed E-state index contributed by atoms with van der Waals surface area (Å²) in [6.07, 6.45) is 3.55. The molecule has 13 heavy (non-hydrogen) atoms. The van der Waals surface area contributed by atoms with Gasteiger partial charge in [0.15, 0.2) is 0 Å². The quantitative estimate of drug-likeness (QED) is 0.623. The van der Waals surface area contributed by atoms with Crippen molar-refractivity contribution in [1.29, 1.82) is 5.26 Å². The molecule has 1 aliphatic rings. The molecule has 0 bridgehead atoms. The standard InChI is InChI=1S/C9H16N2.C2H6/c1-8(2)11-6-4-3-5-9(11)7-10;1-2/h8-9H,3-6H2,1-2H3;1-2H3. The van der Waals surface area contributed by atoms with Gasteiger partial charge in [-0.2, -0.15) is 5.26 Å². The maximum absolute atomic E-state index is 8.82. The maximum Gasteiger partial charge on any atom is 0.0980 e. The number of nitriles is 1. The second kappa shape index (κ2) is 6.91. The number of hydrogen-bond donors (Lipinski definition) is 0. The molecule has 0 aliphatic carbocycles. The summed E-state index contributed by atoms with van der Waals surface area (Å²) in [4.78, 5) is 2.30. The zero-order valence-electron chi connectivity index (χ0n) is 9.38. The predicted octanol–water partition coefficient (Wildman–Crippen LogP) is 2.80. The fourth-order valence-electron chi connectivity index (χ4n) is 1.71. The molecule has 0 spiro atoms. The van der Waals surface area contributed by atoms with E-state index in [4.69, 9.17) is 5.26 Å². The Bertz CT molecular complexity index is 158. The molecule has 1 rings (SSSR count). The van der Waals surface area contributed by atoms with Gasteiger partial charge in [-0.15, -0.1) is 0 Å². The summed E-state index contributed by atoms with van der Waals surface area (Å²) in [5, 5.41) is 8.82. The highest BCUT2D eigenvalue weighted by molar-refractivity contribution is 4.94. The van der Waals surface area contributed by atoms with Crippen molar-refractivity contribution in [2.24, 2.45) is 0 Å². The van der Waals surface area contributed by atoms with Crippen LogP contribution in [-0.2, 0) is 0 Å². The fraction of sp³-hybridized carbons (Fsp3) is 0.909. The first-order valence-corrected chi connectivity index (χ1v) is 5.41. The van der Waals surface area contributed by atoms with E-state index in [9.17, 15) is 0 Å². The van der Waals surface area contributed by atoms with Gasteiger partial charge in [0.1, 0.15) is 0 Å². The Balaban J connectivity index is 0.000000671. The van der Waals surface area contributed by atoms with Gasteiger partial charge >= 0.3 is 0 Å². The normalized spacial score (nSPS) is 23.2. The summed E-state index contributed by atoms with van der Waals surface area (Å²) in [6.45, 7) is 9.43. The minimum Gasteiger partial charge on any atom is -0.286 e. The second-order valence-electron chi connectivity index (χ2n) is 3.47. The third-order valence-corrected chi connectivity index (χ3v) is 2.36. The van der Waals surface area contributed by atoms with Crippen molar-refractivity contribution in [1.82, 2.24) is 4.90 Å². The molecular weight excluding hydrogens is 160 g/mol. The van der Waals surface area contributed by atoms with Crippen molar-refractivity contribution in [3.63, 3.8) is 0 Å². The minimum atomic E-state index is 0.184. The highest BCUT2D eigenvalue weighted by Crippen LogP contribution is 2.18. The molecule has 0 N–H and O–H groups in total. The van der Waals surface area contributed by atoms with Crippen LogP contribution in [0.5, 0.6) is 0 Å². The zero-order chi connectivity index (χ0) is 10.3. The molecule has 1 fully saturated rings. The van der Waals surface area contributed by atoms with Crippen molar-refractivity contribution >= 4 is 0 Å². The largest absolute Gasteiger partial charge is 0.286 e. The highest BCUT2D eigenvalue weighted by atomic mass is 15.2. The molecular formula is C11H22N2. The molecule has 2 heteroatoms. The molecule has 0 saturated carbocycles. The van der Waals surface area contributed by atoms with Gasteiger partial charge < -0.3 is 0 Å². The summed E-state index contributed by atoms with van der Waals surface area (Å²) in [7, 11) is 0. The average molecular weight is 182 g/mol. The lowest BCUT2D eigenvalue weighted by Crippen LogP contribution is -2.42. The van der Waals surface area contributed by atoms with Crippen molar-refractivity contribution in [2.45, 2.75) is 59.0 Å². The van der Waals surface area contributed by atoms with Crippen LogP contribution in [0, 0.1) is 11.3 Å². The molecule has 0 aromatic rings. The van der Waals surface area contributed by atoms with E-state index >= 15 is 0 Å². The van der Waals surface area contributed by atoms with E-state index in [-0.39, 0.29) is 6.04 Å². The van der Waals surface area contributed by atoms with Crippen molar-refractivity contribution in [3.8, 4) is 6.07 Å². The van der Waals surface area contributed by atoms with Crippen molar-refractivity contribution in [3.05, 3.63) is 0 Å². The fourth-order valence-corrected chi connectivity index (χ4v) is 1.71. The van der Waals surface area contributed by atoms with Crippen molar-refractivity contribution < 1.29 is 0 Å². The van der Waals surface area contributed by atoms with E-state index in [0.29, 0.717) is 6.04 Å². The summed E-state index contributed by atoms with van der Waals surface area (Å²) >= 11 is 0. The molecule has 0 radical (unpaired) electrons. The minimum absolute atomic E-state index is 0.184. The smallest absolute Gasteiger partial charge is 0.0980 e. The second-order valence-corrected chi connectivity index (χ2v) is 3.47. The Labute approximate surface area is 82.5 Å². The maximum atomic E-state index is 8.82. The van der Waals surface area contributed by atoms with Crippen LogP contribution in [0.2, 0.25) is 0 Å². The Kier molecular flexibility index (Phi) is 6.62. The SMILES string of the molecule is CC.CC(C)N1CCCCC1C#N. The number of likely N-dealkylation sites (tertiary alicyclic amines) is 1. The van der Waals surface area contributed by atoms with E-state index in [1.165, 1.54) is 12.8 Å². The lowest BCUT2D eigenvalue weighted by atomic mass is 10.0. The summed E-state index contributed by atoms with van der Waals surface area (Å²) in [5.41, 5.74) is 0. The lowest BCUT2D eigenvalue weighted by Gasteiger charge is -2.34. The van der Waals surface area contributed by atoms with Gasteiger partial charge in [-0.05, 0) is 39.7 Å². The lowest BCUT2D eigenvalue weighted by molar-refractivity contribution is 0.145. The number of rotatable bonds is 1. The monoisotopic (exact) mass is 182 g/mol. The molecule has 1 atom stereocenters. The van der Waals surface area contributed by atoms with E-state index in [1.54, 1.807) is 0 Å². The molecule has 0 amide bonds. The van der Waals surface area contributed by atoms with Crippen LogP contribution in [-0.4, -0.2) is 23.5 Å². The van der Waals surface area contributed by atoms with Gasteiger partial charge in [-0.25, -0.2) is 0 Å². The molecule has 0 aromatic carbocycles. The van der Waals surface area contributed by atoms with Crippen LogP contribution in [0.15, 0.2) is 0 Å². The van der Waals surface area contributed by atoms with Crippen LogP contribution in [0.1, 0.15) is 47.0 Å². The van der Waals surface area contributed by atoms with Gasteiger partial charge in [0.25, 0.3) is 0 Å². The van der Waals surface area contributed by atoms with E-state index in [1.807, 2.05) is 13.8 Å². The van der Waals surface area contributed by atoms with Gasteiger partial charge in [-0.3, -0.25) is 4.90 Å². The van der Waals surface area contributed by atoms with E-state index in [0.717, 1.165) is 13.0 Å². The Morgan fingerprint density at radius 1 is 1.31 bits per heavy atom. The van der Waals surface area contributed by atoms with Crippen molar-refractivity contribution in [2.75, 3.05) is 6.54 Å². The van der Waals surface area contributed by atoms with Crippen LogP contribution in [0.25, 0.3) is 0 Å². The molecule has 2 nitrogen and oxygen atoms in total. The predicted molar refractivity (Wildman–Crippen MR) is 56.4 cm³/mol. The highest BCUT2D eigenvalue weighted by Gasteiger charge is 2.23. The van der Waals surface area contributed by atoms with Crippen LogP contribution in [0.4, 0.5) is 0 Å². The Hall–Kier alpha value is -0.550. The summed E-state index contributed by atoms with van der Waals surface area (Å²) < 4.78 is 0. The van der Waals surface area contributed by atoms with Crippen LogP contribution >= 0.6 is 0 Å². The molecule has 0 aromatic heterocycles. The summed E-state index contributed by atoms with van der Waals surface area (Å²) in [5.74, 6) is 0. The molecule has 1 unspecified atom stereocenters. The Morgan fingerprint density at radius 3 is 2.31 bits per heavy atom. The van der Waals surface area contributed by atoms with Gasteiger partial charge in [0.05, 0.1) is 12.1 Å². The van der Waals surface area contributed by atoms with Crippen LogP contribution < -0.4 is 0 Å². The first kappa shape index (κ1) is 12.4. The molecule has 1 aliphatic heterocycles. The molecule has 76 valence electrons. The van der Waals surface area contributed by atoms with Crippen LogP contribution in [0.3, 0.4) is 0 Å².